The number of anilines is 1. The molecule has 2 aromatic carbocycles. The van der Waals surface area contributed by atoms with Gasteiger partial charge in [0.15, 0.2) is 0 Å². The van der Waals surface area contributed by atoms with Crippen LogP contribution in [0.5, 0.6) is 0 Å². The van der Waals surface area contributed by atoms with Gasteiger partial charge in [-0.1, -0.05) is 42.5 Å². The molecular weight excluding hydrogens is 240 g/mol. The molecule has 4 heteroatoms. The number of nitrogens with zero attached hydrogens (tertiary/aromatic N) is 1. The molecule has 0 aromatic heterocycles. The number of benzene rings is 2. The van der Waals surface area contributed by atoms with Gasteiger partial charge in [0.05, 0.1) is 4.92 Å². The monoisotopic (exact) mass is 254 g/mol. The molecular formula is C15H14N2O2. The Kier molecular flexibility index (Phi) is 4.29. The predicted octanol–water partition coefficient (Wildman–Crippen LogP) is 3.72. The van der Waals surface area contributed by atoms with Crippen LogP contribution in [-0.4, -0.2) is 11.5 Å². The van der Waals surface area contributed by atoms with E-state index in [1.165, 1.54) is 12.1 Å². The molecule has 0 saturated carbocycles. The van der Waals surface area contributed by atoms with Crippen LogP contribution in [0.4, 0.5) is 11.4 Å². The van der Waals surface area contributed by atoms with E-state index >= 15 is 0 Å². The Labute approximate surface area is 111 Å². The Bertz CT molecular complexity index is 562. The van der Waals surface area contributed by atoms with Crippen molar-refractivity contribution in [1.82, 2.24) is 0 Å². The van der Waals surface area contributed by atoms with E-state index in [9.17, 15) is 10.1 Å². The maximum atomic E-state index is 10.5. The van der Waals surface area contributed by atoms with Gasteiger partial charge in [-0.05, 0) is 17.7 Å². The summed E-state index contributed by atoms with van der Waals surface area (Å²) in [6.07, 6.45) is 4.04. The minimum Gasteiger partial charge on any atom is -0.382 e. The third-order valence-electron chi connectivity index (χ3n) is 2.61. The molecule has 0 heterocycles. The number of nitro benzene ring substituents is 1. The van der Waals surface area contributed by atoms with E-state index in [0.29, 0.717) is 6.54 Å². The summed E-state index contributed by atoms with van der Waals surface area (Å²) in [5.41, 5.74) is 2.11. The summed E-state index contributed by atoms with van der Waals surface area (Å²) in [4.78, 5) is 10.1. The Balaban J connectivity index is 1.86. The van der Waals surface area contributed by atoms with Crippen molar-refractivity contribution in [3.05, 3.63) is 76.4 Å². The van der Waals surface area contributed by atoms with Crippen LogP contribution >= 0.6 is 0 Å². The van der Waals surface area contributed by atoms with Crippen LogP contribution < -0.4 is 5.32 Å². The maximum Gasteiger partial charge on any atom is 0.269 e. The van der Waals surface area contributed by atoms with Crippen LogP contribution in [0.2, 0.25) is 0 Å². The molecule has 2 aromatic rings. The van der Waals surface area contributed by atoms with Gasteiger partial charge in [0.25, 0.3) is 5.69 Å². The summed E-state index contributed by atoms with van der Waals surface area (Å²) in [5.74, 6) is 0. The zero-order chi connectivity index (χ0) is 13.5. The Hall–Kier alpha value is -2.62. The molecule has 0 spiro atoms. The minimum atomic E-state index is -0.404. The number of hydrogen-bond acceptors (Lipinski definition) is 3. The summed E-state index contributed by atoms with van der Waals surface area (Å²) >= 11 is 0. The van der Waals surface area contributed by atoms with Gasteiger partial charge < -0.3 is 5.32 Å². The van der Waals surface area contributed by atoms with Crippen molar-refractivity contribution in [2.24, 2.45) is 0 Å². The van der Waals surface area contributed by atoms with E-state index in [0.717, 1.165) is 11.3 Å². The topological polar surface area (TPSA) is 55.2 Å². The van der Waals surface area contributed by atoms with E-state index in [1.807, 2.05) is 42.5 Å². The van der Waals surface area contributed by atoms with Gasteiger partial charge in [-0.25, -0.2) is 0 Å². The van der Waals surface area contributed by atoms with Gasteiger partial charge in [0.1, 0.15) is 0 Å². The summed E-state index contributed by atoms with van der Waals surface area (Å²) in [5, 5.41) is 13.7. The second kappa shape index (κ2) is 6.35. The quantitative estimate of drug-likeness (QED) is 0.653. The first-order valence-electron chi connectivity index (χ1n) is 5.95. The van der Waals surface area contributed by atoms with Crippen molar-refractivity contribution < 1.29 is 4.92 Å². The van der Waals surface area contributed by atoms with Gasteiger partial charge in [0, 0.05) is 24.4 Å². The van der Waals surface area contributed by atoms with Crippen LogP contribution in [0.25, 0.3) is 6.08 Å². The van der Waals surface area contributed by atoms with E-state index < -0.39 is 4.92 Å². The highest BCUT2D eigenvalue weighted by atomic mass is 16.6. The summed E-state index contributed by atoms with van der Waals surface area (Å²) in [7, 11) is 0. The van der Waals surface area contributed by atoms with Crippen LogP contribution in [0.3, 0.4) is 0 Å². The highest BCUT2D eigenvalue weighted by molar-refractivity contribution is 5.52. The fraction of sp³-hybridized carbons (Fsp3) is 0.0667. The summed E-state index contributed by atoms with van der Waals surface area (Å²) in [6, 6.07) is 16.4. The van der Waals surface area contributed by atoms with Crippen LogP contribution in [0.1, 0.15) is 5.56 Å². The lowest BCUT2D eigenvalue weighted by Gasteiger charge is -2.02. The van der Waals surface area contributed by atoms with Crippen molar-refractivity contribution in [1.29, 1.82) is 0 Å². The lowest BCUT2D eigenvalue weighted by atomic mass is 10.2. The first-order chi connectivity index (χ1) is 9.25. The molecule has 0 atom stereocenters. The average molecular weight is 254 g/mol. The SMILES string of the molecule is O=[N+]([O-])c1ccc(NCC=Cc2ccccc2)cc1. The Morgan fingerprint density at radius 1 is 1.05 bits per heavy atom. The highest BCUT2D eigenvalue weighted by Crippen LogP contribution is 2.15. The molecule has 96 valence electrons. The van der Waals surface area contributed by atoms with E-state index in [2.05, 4.69) is 5.32 Å². The highest BCUT2D eigenvalue weighted by Gasteiger charge is 2.02. The molecule has 1 N–H and O–H groups in total. The first kappa shape index (κ1) is 12.8. The largest absolute Gasteiger partial charge is 0.382 e. The van der Waals surface area contributed by atoms with E-state index in [1.54, 1.807) is 12.1 Å². The molecule has 4 nitrogen and oxygen atoms in total. The van der Waals surface area contributed by atoms with E-state index in [-0.39, 0.29) is 5.69 Å². The van der Waals surface area contributed by atoms with Gasteiger partial charge in [-0.3, -0.25) is 10.1 Å². The molecule has 19 heavy (non-hydrogen) atoms. The van der Waals surface area contributed by atoms with Gasteiger partial charge >= 0.3 is 0 Å². The van der Waals surface area contributed by atoms with Gasteiger partial charge in [0.2, 0.25) is 0 Å². The van der Waals surface area contributed by atoms with Crippen LogP contribution in [0, 0.1) is 10.1 Å². The summed E-state index contributed by atoms with van der Waals surface area (Å²) in [6.45, 7) is 0.673. The molecule has 0 unspecified atom stereocenters. The maximum absolute atomic E-state index is 10.5. The van der Waals surface area contributed by atoms with Crippen molar-refractivity contribution in [3.8, 4) is 0 Å². The van der Waals surface area contributed by atoms with Crippen LogP contribution in [0.15, 0.2) is 60.7 Å². The second-order valence-electron chi connectivity index (χ2n) is 4.00. The van der Waals surface area contributed by atoms with Crippen molar-refractivity contribution in [2.45, 2.75) is 0 Å². The molecule has 2 rings (SSSR count). The molecule has 0 fully saturated rings. The third-order valence-corrected chi connectivity index (χ3v) is 2.61. The molecule has 0 aliphatic rings. The third kappa shape index (κ3) is 3.96. The predicted molar refractivity (Wildman–Crippen MR) is 77.1 cm³/mol. The number of nitro groups is 1. The Morgan fingerprint density at radius 3 is 2.37 bits per heavy atom. The average Bonchev–Trinajstić information content (AvgIpc) is 2.45. The van der Waals surface area contributed by atoms with Crippen molar-refractivity contribution >= 4 is 17.5 Å². The zero-order valence-corrected chi connectivity index (χ0v) is 10.3. The lowest BCUT2D eigenvalue weighted by Crippen LogP contribution is -1.98. The van der Waals surface area contributed by atoms with Crippen LogP contribution in [-0.2, 0) is 0 Å². The minimum absolute atomic E-state index is 0.102. The fourth-order valence-electron chi connectivity index (χ4n) is 1.64. The fourth-order valence-corrected chi connectivity index (χ4v) is 1.64. The number of hydrogen-bond donors (Lipinski definition) is 1. The molecule has 0 aliphatic heterocycles. The standard InChI is InChI=1S/C15H14N2O2/c18-17(19)15-10-8-14(9-11-15)16-12-4-7-13-5-2-1-3-6-13/h1-11,16H,12H2. The van der Waals surface area contributed by atoms with E-state index in [4.69, 9.17) is 0 Å². The smallest absolute Gasteiger partial charge is 0.269 e. The first-order valence-corrected chi connectivity index (χ1v) is 5.95. The van der Waals surface area contributed by atoms with Crippen molar-refractivity contribution in [3.63, 3.8) is 0 Å². The molecule has 0 saturated heterocycles. The normalized spacial score (nSPS) is 10.5. The van der Waals surface area contributed by atoms with Gasteiger partial charge in [-0.2, -0.15) is 0 Å². The second-order valence-corrected chi connectivity index (χ2v) is 4.00. The number of non-ortho nitro benzene ring substituents is 1. The zero-order valence-electron chi connectivity index (χ0n) is 10.3. The molecule has 0 amide bonds. The summed E-state index contributed by atoms with van der Waals surface area (Å²) < 4.78 is 0. The Morgan fingerprint density at radius 2 is 1.74 bits per heavy atom. The number of nitrogens with one attached hydrogen (secondary N) is 1. The van der Waals surface area contributed by atoms with Crippen molar-refractivity contribution in [2.75, 3.05) is 11.9 Å². The van der Waals surface area contributed by atoms with Gasteiger partial charge in [-0.15, -0.1) is 0 Å². The number of rotatable bonds is 5. The molecule has 0 radical (unpaired) electrons. The molecule has 0 aliphatic carbocycles. The molecule has 0 bridgehead atoms. The lowest BCUT2D eigenvalue weighted by molar-refractivity contribution is -0.384.